The van der Waals surface area contributed by atoms with Crippen molar-refractivity contribution < 1.29 is 8.42 Å². The third-order valence-corrected chi connectivity index (χ3v) is 5.43. The van der Waals surface area contributed by atoms with Gasteiger partial charge < -0.3 is 0 Å². The summed E-state index contributed by atoms with van der Waals surface area (Å²) in [6.45, 7) is 2.67. The van der Waals surface area contributed by atoms with Crippen molar-refractivity contribution in [1.29, 1.82) is 0 Å². The van der Waals surface area contributed by atoms with Crippen molar-refractivity contribution in [3.8, 4) is 0 Å². The fourth-order valence-electron chi connectivity index (χ4n) is 2.06. The Balaban J connectivity index is 2.39. The van der Waals surface area contributed by atoms with Crippen LogP contribution in [0.4, 0.5) is 0 Å². The van der Waals surface area contributed by atoms with Crippen LogP contribution in [0.5, 0.6) is 0 Å². The molecule has 0 bridgehead atoms. The maximum atomic E-state index is 12.6. The molecule has 0 unspecified atom stereocenters. The Kier molecular flexibility index (Phi) is 5.63. The van der Waals surface area contributed by atoms with Gasteiger partial charge in [-0.15, -0.1) is 0 Å². The molecule has 2 aromatic rings. The summed E-state index contributed by atoms with van der Waals surface area (Å²) >= 11 is 1.33. The summed E-state index contributed by atoms with van der Waals surface area (Å²) in [5.74, 6) is 0.476. The van der Waals surface area contributed by atoms with E-state index in [1.54, 1.807) is 10.6 Å². The lowest BCUT2D eigenvalue weighted by atomic mass is 10.2. The number of rotatable bonds is 7. The fraction of sp³-hybridized carbons (Fsp3) is 0.467. The van der Waals surface area contributed by atoms with Crippen LogP contribution in [0.25, 0.3) is 10.9 Å². The van der Waals surface area contributed by atoms with Crippen LogP contribution in [0.1, 0.15) is 19.8 Å². The summed E-state index contributed by atoms with van der Waals surface area (Å²) in [4.78, 5) is 17.1. The number of para-hydroxylation sites is 1. The Labute approximate surface area is 134 Å². The second-order valence-electron chi connectivity index (χ2n) is 5.20. The maximum absolute atomic E-state index is 12.6. The van der Waals surface area contributed by atoms with E-state index in [9.17, 15) is 13.2 Å². The van der Waals surface area contributed by atoms with Crippen molar-refractivity contribution >= 4 is 32.5 Å². The van der Waals surface area contributed by atoms with Crippen LogP contribution in [-0.4, -0.2) is 35.7 Å². The van der Waals surface area contributed by atoms with Crippen molar-refractivity contribution in [1.82, 2.24) is 9.55 Å². The van der Waals surface area contributed by atoms with Gasteiger partial charge in [-0.2, -0.15) is 0 Å². The van der Waals surface area contributed by atoms with E-state index in [0.29, 0.717) is 28.4 Å². The number of benzene rings is 1. The average Bonchev–Trinajstić information content (AvgIpc) is 2.45. The van der Waals surface area contributed by atoms with Gasteiger partial charge in [-0.05, 0) is 18.6 Å². The molecule has 0 fully saturated rings. The average molecular weight is 340 g/mol. The molecular weight excluding hydrogens is 320 g/mol. The summed E-state index contributed by atoms with van der Waals surface area (Å²) in [5, 5.41) is 1.20. The monoisotopic (exact) mass is 340 g/mol. The largest absolute Gasteiger partial charge is 0.287 e. The van der Waals surface area contributed by atoms with Crippen LogP contribution < -0.4 is 5.56 Å². The first-order valence-corrected chi connectivity index (χ1v) is 10.3. The molecule has 0 saturated carbocycles. The van der Waals surface area contributed by atoms with Crippen LogP contribution in [0.3, 0.4) is 0 Å². The van der Waals surface area contributed by atoms with E-state index in [0.717, 1.165) is 12.8 Å². The van der Waals surface area contributed by atoms with E-state index in [1.165, 1.54) is 18.0 Å². The van der Waals surface area contributed by atoms with Gasteiger partial charge in [-0.3, -0.25) is 9.36 Å². The minimum absolute atomic E-state index is 0.0547. The molecule has 120 valence electrons. The third-order valence-electron chi connectivity index (χ3n) is 3.25. The Morgan fingerprint density at radius 1 is 1.27 bits per heavy atom. The number of thioether (sulfide) groups is 1. The molecule has 0 atom stereocenters. The summed E-state index contributed by atoms with van der Waals surface area (Å²) < 4.78 is 24.2. The molecule has 2 rings (SSSR count). The summed E-state index contributed by atoms with van der Waals surface area (Å²) in [7, 11) is -3.01. The van der Waals surface area contributed by atoms with E-state index >= 15 is 0 Å². The quantitative estimate of drug-likeness (QED) is 0.571. The van der Waals surface area contributed by atoms with E-state index in [1.807, 2.05) is 18.2 Å². The summed E-state index contributed by atoms with van der Waals surface area (Å²) in [6.07, 6.45) is 3.08. The normalized spacial score (nSPS) is 11.9. The number of hydrogen-bond donors (Lipinski definition) is 0. The molecular formula is C15H20N2O3S2. The van der Waals surface area contributed by atoms with Gasteiger partial charge in [-0.1, -0.05) is 37.2 Å². The Bertz CT molecular complexity index is 813. The molecule has 1 heterocycles. The second kappa shape index (κ2) is 7.28. The molecule has 0 spiro atoms. The van der Waals surface area contributed by atoms with Crippen LogP contribution in [0, 0.1) is 0 Å². The summed E-state index contributed by atoms with van der Waals surface area (Å²) in [6, 6.07) is 7.25. The van der Waals surface area contributed by atoms with Crippen molar-refractivity contribution in [3.63, 3.8) is 0 Å². The number of nitrogens with zero attached hydrogens (tertiary/aromatic N) is 2. The van der Waals surface area contributed by atoms with Gasteiger partial charge in [0.2, 0.25) is 0 Å². The van der Waals surface area contributed by atoms with E-state index in [2.05, 4.69) is 11.9 Å². The standard InChI is InChI=1S/C15H20N2O3S2/c1-3-4-9-17-14(18)12-7-5-6-8-13(12)16-15(17)21-10-11-22(2,19)20/h5-8H,3-4,9-11H2,1-2H3. The summed E-state index contributed by atoms with van der Waals surface area (Å²) in [5.41, 5.74) is 0.600. The number of fused-ring (bicyclic) bond motifs is 1. The second-order valence-corrected chi connectivity index (χ2v) is 8.52. The van der Waals surface area contributed by atoms with Crippen molar-refractivity contribution in [2.24, 2.45) is 0 Å². The van der Waals surface area contributed by atoms with Crippen molar-refractivity contribution in [2.45, 2.75) is 31.5 Å². The van der Waals surface area contributed by atoms with E-state index < -0.39 is 9.84 Å². The lowest BCUT2D eigenvalue weighted by Gasteiger charge is -2.12. The van der Waals surface area contributed by atoms with Gasteiger partial charge in [0, 0.05) is 18.6 Å². The number of unbranched alkanes of at least 4 members (excludes halogenated alkanes) is 1. The first kappa shape index (κ1) is 17.0. The lowest BCUT2D eigenvalue weighted by Crippen LogP contribution is -2.23. The Morgan fingerprint density at radius 3 is 2.68 bits per heavy atom. The predicted molar refractivity (Wildman–Crippen MR) is 91.3 cm³/mol. The molecule has 5 nitrogen and oxygen atoms in total. The molecule has 0 aliphatic rings. The van der Waals surface area contributed by atoms with Gasteiger partial charge in [0.1, 0.15) is 9.84 Å². The minimum atomic E-state index is -3.01. The zero-order valence-electron chi connectivity index (χ0n) is 12.8. The van der Waals surface area contributed by atoms with Gasteiger partial charge in [0.05, 0.1) is 16.7 Å². The molecule has 0 saturated heterocycles. The molecule has 22 heavy (non-hydrogen) atoms. The highest BCUT2D eigenvalue weighted by Gasteiger charge is 2.12. The van der Waals surface area contributed by atoms with Crippen LogP contribution in [0.15, 0.2) is 34.2 Å². The van der Waals surface area contributed by atoms with Gasteiger partial charge >= 0.3 is 0 Å². The highest BCUT2D eigenvalue weighted by atomic mass is 32.2. The minimum Gasteiger partial charge on any atom is -0.287 e. The zero-order valence-corrected chi connectivity index (χ0v) is 14.4. The molecule has 1 aromatic heterocycles. The highest BCUT2D eigenvalue weighted by molar-refractivity contribution is 8.00. The predicted octanol–water partition coefficient (Wildman–Crippen LogP) is 2.33. The number of aromatic nitrogens is 2. The molecule has 1 aromatic carbocycles. The van der Waals surface area contributed by atoms with Crippen molar-refractivity contribution in [2.75, 3.05) is 17.8 Å². The maximum Gasteiger partial charge on any atom is 0.262 e. The molecule has 0 amide bonds. The highest BCUT2D eigenvalue weighted by Crippen LogP contribution is 2.18. The van der Waals surface area contributed by atoms with E-state index in [-0.39, 0.29) is 11.3 Å². The molecule has 0 N–H and O–H groups in total. The topological polar surface area (TPSA) is 69.0 Å². The van der Waals surface area contributed by atoms with Crippen LogP contribution in [0.2, 0.25) is 0 Å². The van der Waals surface area contributed by atoms with Crippen LogP contribution >= 0.6 is 11.8 Å². The smallest absolute Gasteiger partial charge is 0.262 e. The molecule has 0 radical (unpaired) electrons. The van der Waals surface area contributed by atoms with Gasteiger partial charge in [-0.25, -0.2) is 13.4 Å². The van der Waals surface area contributed by atoms with Gasteiger partial charge in [0.15, 0.2) is 5.16 Å². The third kappa shape index (κ3) is 4.33. The SMILES string of the molecule is CCCCn1c(SCCS(C)(=O)=O)nc2ccccc2c1=O. The zero-order chi connectivity index (χ0) is 16.2. The molecule has 7 heteroatoms. The lowest BCUT2D eigenvalue weighted by molar-refractivity contribution is 0.558. The first-order valence-electron chi connectivity index (χ1n) is 7.22. The Hall–Kier alpha value is -1.34. The Morgan fingerprint density at radius 2 is 2.00 bits per heavy atom. The number of hydrogen-bond acceptors (Lipinski definition) is 5. The first-order chi connectivity index (χ1) is 10.4. The molecule has 0 aliphatic heterocycles. The van der Waals surface area contributed by atoms with E-state index in [4.69, 9.17) is 0 Å². The number of sulfone groups is 1. The van der Waals surface area contributed by atoms with Crippen LogP contribution in [-0.2, 0) is 16.4 Å². The van der Waals surface area contributed by atoms with Gasteiger partial charge in [0.25, 0.3) is 5.56 Å². The fourth-order valence-corrected chi connectivity index (χ4v) is 4.28. The van der Waals surface area contributed by atoms with Crippen molar-refractivity contribution in [3.05, 3.63) is 34.6 Å². The molecule has 0 aliphatic carbocycles.